The molecule has 1 amide bonds. The minimum atomic E-state index is 0.0964. The number of nitrogens with zero attached hydrogens (tertiary/aromatic N) is 2. The Morgan fingerprint density at radius 1 is 1.24 bits per heavy atom. The van der Waals surface area contributed by atoms with E-state index in [9.17, 15) is 4.79 Å². The number of thiophene rings is 2. The Labute approximate surface area is 204 Å². The molecule has 2 aliphatic rings. The van der Waals surface area contributed by atoms with Gasteiger partial charge in [0, 0.05) is 81.4 Å². The van der Waals surface area contributed by atoms with Gasteiger partial charge in [-0.15, -0.1) is 22.7 Å². The van der Waals surface area contributed by atoms with Crippen molar-refractivity contribution < 1.29 is 9.53 Å². The second-order valence-electron chi connectivity index (χ2n) is 8.35. The van der Waals surface area contributed by atoms with Crippen molar-refractivity contribution in [2.24, 2.45) is 0 Å². The van der Waals surface area contributed by atoms with Crippen molar-refractivity contribution in [3.05, 3.63) is 56.6 Å². The van der Waals surface area contributed by atoms with Crippen LogP contribution in [-0.2, 0) is 11.2 Å². The third kappa shape index (κ3) is 3.48. The molecule has 0 radical (unpaired) electrons. The summed E-state index contributed by atoms with van der Waals surface area (Å²) in [4.78, 5) is 18.0. The highest BCUT2D eigenvalue weighted by Gasteiger charge is 2.28. The van der Waals surface area contributed by atoms with E-state index in [1.54, 1.807) is 11.3 Å². The van der Waals surface area contributed by atoms with E-state index in [1.807, 2.05) is 36.2 Å². The quantitative estimate of drug-likeness (QED) is 0.305. The lowest BCUT2D eigenvalue weighted by molar-refractivity contribution is 0.0306. The molecule has 7 nitrogen and oxygen atoms in total. The van der Waals surface area contributed by atoms with Crippen LogP contribution >= 0.6 is 22.7 Å². The highest BCUT2D eigenvalue weighted by atomic mass is 32.1. The summed E-state index contributed by atoms with van der Waals surface area (Å²) in [6.45, 7) is 2.53. The number of benzene rings is 1. The number of amides is 1. The average molecular weight is 490 g/mol. The number of carbonyl (C=O) groups excluding carboxylic acids is 1. The van der Waals surface area contributed by atoms with Crippen LogP contribution in [0.25, 0.3) is 33.0 Å². The number of fused-ring (bicyclic) bond motifs is 3. The number of rotatable bonds is 5. The molecule has 34 heavy (non-hydrogen) atoms. The van der Waals surface area contributed by atoms with Gasteiger partial charge in [0.25, 0.3) is 5.91 Å². The van der Waals surface area contributed by atoms with Gasteiger partial charge in [-0.2, -0.15) is 5.10 Å². The molecule has 0 spiro atoms. The molecule has 4 aromatic rings. The van der Waals surface area contributed by atoms with Gasteiger partial charge in [0.05, 0.1) is 29.5 Å². The van der Waals surface area contributed by atoms with Crippen molar-refractivity contribution in [2.75, 3.05) is 38.7 Å². The van der Waals surface area contributed by atoms with Crippen molar-refractivity contribution in [1.29, 1.82) is 5.41 Å². The molecule has 0 unspecified atom stereocenters. The maximum absolute atomic E-state index is 12.8. The van der Waals surface area contributed by atoms with Crippen molar-refractivity contribution in [1.82, 2.24) is 15.1 Å². The van der Waals surface area contributed by atoms with E-state index in [0.717, 1.165) is 45.1 Å². The Morgan fingerprint density at radius 3 is 2.88 bits per heavy atom. The maximum Gasteiger partial charge on any atom is 0.264 e. The van der Waals surface area contributed by atoms with Crippen molar-refractivity contribution in [2.45, 2.75) is 6.42 Å². The smallest absolute Gasteiger partial charge is 0.264 e. The maximum atomic E-state index is 12.8. The zero-order valence-corrected chi connectivity index (χ0v) is 20.2. The third-order valence-corrected chi connectivity index (χ3v) is 8.53. The lowest BCUT2D eigenvalue weighted by Gasteiger charge is -2.26. The van der Waals surface area contributed by atoms with E-state index in [1.165, 1.54) is 38.4 Å². The lowest BCUT2D eigenvalue weighted by atomic mass is 10.0. The summed E-state index contributed by atoms with van der Waals surface area (Å²) in [5.41, 5.74) is 8.35. The minimum Gasteiger partial charge on any atom is -0.388 e. The van der Waals surface area contributed by atoms with Crippen LogP contribution in [0.5, 0.6) is 0 Å². The fourth-order valence-electron chi connectivity index (χ4n) is 4.62. The van der Waals surface area contributed by atoms with Gasteiger partial charge in [-0.25, -0.2) is 0 Å². The number of aromatic nitrogens is 2. The molecule has 1 saturated heterocycles. The number of aromatic amines is 1. The van der Waals surface area contributed by atoms with Gasteiger partial charge in [0.1, 0.15) is 0 Å². The van der Waals surface area contributed by atoms with Gasteiger partial charge >= 0.3 is 0 Å². The van der Waals surface area contributed by atoms with Crippen LogP contribution in [-0.4, -0.2) is 60.6 Å². The fourth-order valence-corrected chi connectivity index (χ4v) is 6.73. The minimum absolute atomic E-state index is 0.0964. The van der Waals surface area contributed by atoms with E-state index in [-0.39, 0.29) is 5.91 Å². The Morgan fingerprint density at radius 2 is 2.09 bits per heavy atom. The molecule has 1 fully saturated rings. The predicted molar refractivity (Wildman–Crippen MR) is 138 cm³/mol. The van der Waals surface area contributed by atoms with Crippen LogP contribution in [0.15, 0.2) is 35.7 Å². The Hall–Kier alpha value is -3.27. The number of H-pyrrole nitrogens is 1. The summed E-state index contributed by atoms with van der Waals surface area (Å²) in [5, 5.41) is 20.7. The Balaban J connectivity index is 1.27. The molecule has 0 atom stereocenters. The largest absolute Gasteiger partial charge is 0.388 e. The molecular formula is C25H23N5O2S2. The predicted octanol–water partition coefficient (Wildman–Crippen LogP) is 4.95. The molecule has 0 bridgehead atoms. The fraction of sp³-hybridized carbons (Fsp3) is 0.240. The zero-order valence-electron chi connectivity index (χ0n) is 18.6. The SMILES string of the molecule is CNc1cc(-c2n[nH]c3c2Cc2sc(-c4csc(C(=O)N5CCOCC5)c4)cc2-3)ccc1C=N. The van der Waals surface area contributed by atoms with Gasteiger partial charge in [0.2, 0.25) is 0 Å². The van der Waals surface area contributed by atoms with Crippen LogP contribution in [0, 0.1) is 5.41 Å². The monoisotopic (exact) mass is 489 g/mol. The summed E-state index contributed by atoms with van der Waals surface area (Å²) in [6, 6.07) is 10.3. The van der Waals surface area contributed by atoms with E-state index < -0.39 is 0 Å². The number of hydrogen-bond donors (Lipinski definition) is 3. The summed E-state index contributed by atoms with van der Waals surface area (Å²) in [7, 11) is 1.87. The first-order valence-corrected chi connectivity index (χ1v) is 12.8. The molecule has 0 saturated carbocycles. The molecule has 9 heteroatoms. The van der Waals surface area contributed by atoms with Crippen molar-refractivity contribution >= 4 is 40.5 Å². The van der Waals surface area contributed by atoms with Crippen LogP contribution in [0.1, 0.15) is 25.7 Å². The number of anilines is 1. The molecule has 172 valence electrons. The molecular weight excluding hydrogens is 466 g/mol. The first-order chi connectivity index (χ1) is 16.7. The first-order valence-electron chi connectivity index (χ1n) is 11.1. The normalized spacial score (nSPS) is 14.7. The topological polar surface area (TPSA) is 94.1 Å². The number of nitrogens with one attached hydrogen (secondary N) is 3. The van der Waals surface area contributed by atoms with E-state index in [2.05, 4.69) is 27.0 Å². The van der Waals surface area contributed by atoms with Crippen molar-refractivity contribution in [3.63, 3.8) is 0 Å². The summed E-state index contributed by atoms with van der Waals surface area (Å²) in [5.74, 6) is 0.0964. The molecule has 4 heterocycles. The molecule has 1 aliphatic heterocycles. The van der Waals surface area contributed by atoms with Crippen molar-refractivity contribution in [3.8, 4) is 33.0 Å². The Bertz CT molecular complexity index is 1410. The highest BCUT2D eigenvalue weighted by molar-refractivity contribution is 7.17. The van der Waals surface area contributed by atoms with Gasteiger partial charge in [-0.05, 0) is 18.2 Å². The van der Waals surface area contributed by atoms with Gasteiger partial charge < -0.3 is 20.4 Å². The van der Waals surface area contributed by atoms with E-state index in [0.29, 0.717) is 26.3 Å². The number of carbonyl (C=O) groups is 1. The number of hydrogen-bond acceptors (Lipinski definition) is 7. The molecule has 1 aromatic carbocycles. The third-order valence-electron chi connectivity index (χ3n) is 6.43. The zero-order chi connectivity index (χ0) is 23.2. The van der Waals surface area contributed by atoms with Crippen LogP contribution < -0.4 is 5.32 Å². The highest BCUT2D eigenvalue weighted by Crippen LogP contribution is 2.47. The van der Waals surface area contributed by atoms with Gasteiger partial charge in [-0.1, -0.05) is 12.1 Å². The van der Waals surface area contributed by atoms with Gasteiger partial charge in [-0.3, -0.25) is 9.89 Å². The summed E-state index contributed by atoms with van der Waals surface area (Å²) >= 11 is 3.30. The number of ether oxygens (including phenoxy) is 1. The second kappa shape index (κ2) is 8.50. The molecule has 3 N–H and O–H groups in total. The molecule has 3 aromatic heterocycles. The van der Waals surface area contributed by atoms with Crippen LogP contribution in [0.2, 0.25) is 0 Å². The van der Waals surface area contributed by atoms with Crippen LogP contribution in [0.4, 0.5) is 5.69 Å². The first kappa shape index (κ1) is 21.3. The molecule has 6 rings (SSSR count). The van der Waals surface area contributed by atoms with E-state index >= 15 is 0 Å². The van der Waals surface area contributed by atoms with Crippen LogP contribution in [0.3, 0.4) is 0 Å². The Kier molecular flexibility index (Phi) is 5.32. The standard InChI is InChI=1S/C25H23N5O2S2/c1-27-19-8-14(2-3-15(19)12-26)23-18-11-21-17(24(18)29-28-23)10-20(34-21)16-9-22(33-13-16)25(31)30-4-6-32-7-5-30/h2-3,8-10,12-13,26-27H,4-7,11H2,1H3,(H,28,29). The summed E-state index contributed by atoms with van der Waals surface area (Å²) < 4.78 is 5.37. The van der Waals surface area contributed by atoms with Gasteiger partial charge in [0.15, 0.2) is 0 Å². The molecule has 1 aliphatic carbocycles. The summed E-state index contributed by atoms with van der Waals surface area (Å²) in [6.07, 6.45) is 2.19. The lowest BCUT2D eigenvalue weighted by Crippen LogP contribution is -2.40. The number of morpholine rings is 1. The average Bonchev–Trinajstić information content (AvgIpc) is 3.65. The second-order valence-corrected chi connectivity index (χ2v) is 10.4. The van der Waals surface area contributed by atoms with E-state index in [4.69, 9.17) is 10.1 Å².